The molecule has 0 bridgehead atoms. The van der Waals surface area contributed by atoms with E-state index in [0.29, 0.717) is 12.6 Å². The zero-order valence-electron chi connectivity index (χ0n) is 9.25. The molecule has 0 heterocycles. The van der Waals surface area contributed by atoms with Gasteiger partial charge in [0.25, 0.3) is 0 Å². The van der Waals surface area contributed by atoms with Crippen LogP contribution in [0.4, 0.5) is 0 Å². The normalized spacial score (nSPS) is 15.1. The second kappa shape index (κ2) is 7.76. The van der Waals surface area contributed by atoms with Crippen molar-refractivity contribution in [2.24, 2.45) is 0 Å². The number of rotatable bonds is 8. The molecular formula is C10H21NO3. The highest BCUT2D eigenvalue weighted by atomic mass is 16.5. The van der Waals surface area contributed by atoms with Gasteiger partial charge in [-0.1, -0.05) is 13.3 Å². The van der Waals surface area contributed by atoms with Crippen molar-refractivity contribution in [1.29, 1.82) is 0 Å². The Morgan fingerprint density at radius 1 is 1.57 bits per heavy atom. The molecule has 0 aliphatic carbocycles. The van der Waals surface area contributed by atoms with Crippen LogP contribution in [-0.4, -0.2) is 36.9 Å². The van der Waals surface area contributed by atoms with E-state index in [4.69, 9.17) is 9.84 Å². The van der Waals surface area contributed by atoms with Crippen LogP contribution in [-0.2, 0) is 9.53 Å². The summed E-state index contributed by atoms with van der Waals surface area (Å²) in [5.74, 6) is -0.818. The lowest BCUT2D eigenvalue weighted by Gasteiger charge is -2.18. The van der Waals surface area contributed by atoms with E-state index < -0.39 is 5.97 Å². The van der Waals surface area contributed by atoms with E-state index >= 15 is 0 Å². The fraction of sp³-hybridized carbons (Fsp3) is 0.900. The summed E-state index contributed by atoms with van der Waals surface area (Å²) in [7, 11) is 1.54. The highest BCUT2D eigenvalue weighted by molar-refractivity contribution is 5.67. The average molecular weight is 203 g/mol. The van der Waals surface area contributed by atoms with Gasteiger partial charge < -0.3 is 15.2 Å². The van der Waals surface area contributed by atoms with Crippen molar-refractivity contribution in [1.82, 2.24) is 5.32 Å². The number of hydrogen-bond donors (Lipinski definition) is 2. The van der Waals surface area contributed by atoms with Gasteiger partial charge in [-0.25, -0.2) is 0 Å². The molecule has 0 amide bonds. The molecule has 2 N–H and O–H groups in total. The fourth-order valence-corrected chi connectivity index (χ4v) is 1.30. The molecule has 0 saturated carbocycles. The number of carboxylic acids is 1. The third kappa shape index (κ3) is 6.86. The second-order valence-corrected chi connectivity index (χ2v) is 3.55. The van der Waals surface area contributed by atoms with Gasteiger partial charge in [0.1, 0.15) is 0 Å². The summed E-state index contributed by atoms with van der Waals surface area (Å²) in [5.41, 5.74) is 0. The SMILES string of the molecule is CCCC(C)NCC(CC(=O)O)OC. The van der Waals surface area contributed by atoms with Crippen LogP contribution in [0.25, 0.3) is 0 Å². The molecule has 4 nitrogen and oxygen atoms in total. The summed E-state index contributed by atoms with van der Waals surface area (Å²) >= 11 is 0. The van der Waals surface area contributed by atoms with Crippen molar-refractivity contribution >= 4 is 5.97 Å². The summed E-state index contributed by atoms with van der Waals surface area (Å²) in [6, 6.07) is 0.423. The Bertz CT molecular complexity index is 161. The first-order valence-corrected chi connectivity index (χ1v) is 5.08. The van der Waals surface area contributed by atoms with Crippen LogP contribution in [0, 0.1) is 0 Å². The summed E-state index contributed by atoms with van der Waals surface area (Å²) in [6.45, 7) is 4.82. The van der Waals surface area contributed by atoms with Crippen molar-refractivity contribution in [2.75, 3.05) is 13.7 Å². The van der Waals surface area contributed by atoms with Crippen LogP contribution >= 0.6 is 0 Å². The van der Waals surface area contributed by atoms with E-state index in [0.717, 1.165) is 12.8 Å². The first-order chi connectivity index (χ1) is 6.60. The molecule has 4 heteroatoms. The summed E-state index contributed by atoms with van der Waals surface area (Å²) < 4.78 is 5.05. The van der Waals surface area contributed by atoms with Gasteiger partial charge in [-0.2, -0.15) is 0 Å². The van der Waals surface area contributed by atoms with Crippen LogP contribution in [0.2, 0.25) is 0 Å². The van der Waals surface area contributed by atoms with Crippen LogP contribution in [0.5, 0.6) is 0 Å². The smallest absolute Gasteiger partial charge is 0.306 e. The van der Waals surface area contributed by atoms with E-state index in [1.54, 1.807) is 7.11 Å². The Kier molecular flexibility index (Phi) is 7.42. The van der Waals surface area contributed by atoms with Crippen molar-refractivity contribution in [3.8, 4) is 0 Å². The van der Waals surface area contributed by atoms with Crippen LogP contribution in [0.15, 0.2) is 0 Å². The molecule has 84 valence electrons. The highest BCUT2D eigenvalue weighted by Crippen LogP contribution is 1.99. The molecule has 0 aliphatic heterocycles. The van der Waals surface area contributed by atoms with Gasteiger partial charge in [0.05, 0.1) is 12.5 Å². The molecule has 0 aromatic heterocycles. The number of carboxylic acid groups (broad SMARTS) is 1. The molecule has 0 spiro atoms. The van der Waals surface area contributed by atoms with Crippen LogP contribution in [0.3, 0.4) is 0 Å². The zero-order valence-corrected chi connectivity index (χ0v) is 9.25. The second-order valence-electron chi connectivity index (χ2n) is 3.55. The molecule has 0 aromatic rings. The van der Waals surface area contributed by atoms with Gasteiger partial charge in [0.2, 0.25) is 0 Å². The highest BCUT2D eigenvalue weighted by Gasteiger charge is 2.12. The number of carbonyl (C=O) groups is 1. The molecule has 2 unspecified atom stereocenters. The minimum atomic E-state index is -0.818. The Morgan fingerprint density at radius 3 is 2.64 bits per heavy atom. The third-order valence-corrected chi connectivity index (χ3v) is 2.15. The maximum absolute atomic E-state index is 10.4. The standard InChI is InChI=1S/C10H21NO3/c1-4-5-8(2)11-7-9(14-3)6-10(12)13/h8-9,11H,4-7H2,1-3H3,(H,12,13). The molecule has 0 radical (unpaired) electrons. The van der Waals surface area contributed by atoms with Crippen molar-refractivity contribution < 1.29 is 14.6 Å². The summed E-state index contributed by atoms with van der Waals surface area (Å²) in [5, 5.41) is 11.8. The third-order valence-electron chi connectivity index (χ3n) is 2.15. The van der Waals surface area contributed by atoms with Crippen molar-refractivity contribution in [3.05, 3.63) is 0 Å². The zero-order chi connectivity index (χ0) is 11.0. The minimum absolute atomic E-state index is 0.0579. The molecule has 0 rings (SSSR count). The topological polar surface area (TPSA) is 58.6 Å². The van der Waals surface area contributed by atoms with Crippen LogP contribution in [0.1, 0.15) is 33.1 Å². The molecule has 0 aromatic carbocycles. The lowest BCUT2D eigenvalue weighted by molar-refractivity contribution is -0.139. The first-order valence-electron chi connectivity index (χ1n) is 5.08. The first kappa shape index (κ1) is 13.4. The van der Waals surface area contributed by atoms with E-state index in [9.17, 15) is 4.79 Å². The largest absolute Gasteiger partial charge is 0.481 e. The predicted molar refractivity (Wildman–Crippen MR) is 55.4 cm³/mol. The molecular weight excluding hydrogens is 182 g/mol. The van der Waals surface area contributed by atoms with Gasteiger partial charge in [-0.15, -0.1) is 0 Å². The van der Waals surface area contributed by atoms with Gasteiger partial charge in [0, 0.05) is 19.7 Å². The monoisotopic (exact) mass is 203 g/mol. The minimum Gasteiger partial charge on any atom is -0.481 e. The average Bonchev–Trinajstić information content (AvgIpc) is 2.12. The maximum Gasteiger partial charge on any atom is 0.306 e. The van der Waals surface area contributed by atoms with E-state index in [-0.39, 0.29) is 12.5 Å². The summed E-state index contributed by atoms with van der Waals surface area (Å²) in [4.78, 5) is 10.4. The van der Waals surface area contributed by atoms with Gasteiger partial charge in [-0.3, -0.25) is 4.79 Å². The number of aliphatic carboxylic acids is 1. The van der Waals surface area contributed by atoms with Gasteiger partial charge in [-0.05, 0) is 13.3 Å². The van der Waals surface area contributed by atoms with E-state index in [2.05, 4.69) is 19.2 Å². The lowest BCUT2D eigenvalue weighted by atomic mass is 10.2. The summed E-state index contributed by atoms with van der Waals surface area (Å²) in [6.07, 6.45) is 2.06. The van der Waals surface area contributed by atoms with Gasteiger partial charge >= 0.3 is 5.97 Å². The van der Waals surface area contributed by atoms with Gasteiger partial charge in [0.15, 0.2) is 0 Å². The molecule has 14 heavy (non-hydrogen) atoms. The molecule has 0 fully saturated rings. The quantitative estimate of drug-likeness (QED) is 0.623. The number of methoxy groups -OCH3 is 1. The maximum atomic E-state index is 10.4. The Balaban J connectivity index is 3.66. The molecule has 0 saturated heterocycles. The van der Waals surface area contributed by atoms with E-state index in [1.807, 2.05) is 0 Å². The number of nitrogens with one attached hydrogen (secondary N) is 1. The number of ether oxygens (including phenoxy) is 1. The Hall–Kier alpha value is -0.610. The Morgan fingerprint density at radius 2 is 2.21 bits per heavy atom. The van der Waals surface area contributed by atoms with Crippen molar-refractivity contribution in [3.63, 3.8) is 0 Å². The van der Waals surface area contributed by atoms with Crippen LogP contribution < -0.4 is 5.32 Å². The van der Waals surface area contributed by atoms with E-state index in [1.165, 1.54) is 0 Å². The molecule has 0 aliphatic rings. The number of hydrogen-bond acceptors (Lipinski definition) is 3. The van der Waals surface area contributed by atoms with Crippen molar-refractivity contribution in [2.45, 2.75) is 45.3 Å². The Labute approximate surface area is 85.6 Å². The predicted octanol–water partition coefficient (Wildman–Crippen LogP) is 1.25. The fourth-order valence-electron chi connectivity index (χ4n) is 1.30. The lowest BCUT2D eigenvalue weighted by Crippen LogP contribution is -2.35. The molecule has 2 atom stereocenters.